The SMILES string of the molecule is O1[SiH2]O[SiH2]O[SiH2]1.O1[SiH2]O[SiH2]O[SiH2]1.O1[SiH2]O[SiH2]O[SiH2]1.O1[SiH2]O[SiH2]O[SiH2]1.O1[SiH2]O[SiH2]O[SiH2]1.O1[SiH2]O[SiH2]O[SiH2]1. The minimum atomic E-state index is -0.493. The van der Waals surface area contributed by atoms with Crippen molar-refractivity contribution in [2.24, 2.45) is 0 Å². The van der Waals surface area contributed by atoms with Crippen LogP contribution in [0.5, 0.6) is 0 Å². The van der Waals surface area contributed by atoms with Crippen molar-refractivity contribution in [2.45, 2.75) is 0 Å². The quantitative estimate of drug-likeness (QED) is 0.211. The lowest BCUT2D eigenvalue weighted by molar-refractivity contribution is 0.346. The van der Waals surface area contributed by atoms with Crippen LogP contribution in [-0.2, 0) is 74.1 Å². The summed E-state index contributed by atoms with van der Waals surface area (Å²) in [6.07, 6.45) is 0. The minimum absolute atomic E-state index is 0.493. The van der Waals surface area contributed by atoms with E-state index >= 15 is 0 Å². The molecular weight excluding hydrogens is 794 g/mol. The zero-order valence-electron chi connectivity index (χ0n) is 20.1. The molecule has 36 heteroatoms. The monoisotopic (exact) mass is 828 g/mol. The lowest BCUT2D eigenvalue weighted by Gasteiger charge is -2.10. The highest BCUT2D eigenvalue weighted by molar-refractivity contribution is 6.52. The maximum Gasteiger partial charge on any atom is 0.286 e. The Morgan fingerprint density at radius 1 is 0.111 bits per heavy atom. The van der Waals surface area contributed by atoms with Gasteiger partial charge in [0.2, 0.25) is 0 Å². The lowest BCUT2D eigenvalue weighted by Crippen LogP contribution is -2.23. The van der Waals surface area contributed by atoms with Crippen LogP contribution in [0.25, 0.3) is 0 Å². The highest BCUT2D eigenvalue weighted by Crippen LogP contribution is 1.81. The van der Waals surface area contributed by atoms with Crippen LogP contribution in [0.1, 0.15) is 0 Å². The van der Waals surface area contributed by atoms with Crippen molar-refractivity contribution in [1.82, 2.24) is 0 Å². The Hall–Kier alpha value is 3.18. The highest BCUT2D eigenvalue weighted by atomic mass is 28.4. The molecule has 0 bridgehead atoms. The van der Waals surface area contributed by atoms with E-state index in [1.807, 2.05) is 0 Å². The Morgan fingerprint density at radius 3 is 0.194 bits per heavy atom. The van der Waals surface area contributed by atoms with Crippen LogP contribution in [-0.4, -0.2) is 180 Å². The molecule has 18 nitrogen and oxygen atoms in total. The summed E-state index contributed by atoms with van der Waals surface area (Å²) in [7, 11) is -8.87. The fraction of sp³-hybridized carbons (Fsp3) is 0. The van der Waals surface area contributed by atoms with Crippen molar-refractivity contribution < 1.29 is 74.1 Å². The Balaban J connectivity index is 0.000000216. The molecule has 0 spiro atoms. The Labute approximate surface area is 252 Å². The number of hydrogen-bond acceptors (Lipinski definition) is 18. The van der Waals surface area contributed by atoms with E-state index in [0.717, 1.165) is 0 Å². The topological polar surface area (TPSA) is 166 Å². The van der Waals surface area contributed by atoms with Crippen LogP contribution >= 0.6 is 0 Å². The third-order valence-corrected chi connectivity index (χ3v) is 27.0. The van der Waals surface area contributed by atoms with E-state index in [9.17, 15) is 0 Å². The van der Waals surface area contributed by atoms with Crippen molar-refractivity contribution in [1.29, 1.82) is 0 Å². The molecule has 0 saturated carbocycles. The smallest absolute Gasteiger partial charge is 0.286 e. The normalized spacial score (nSPS) is 36.0. The molecule has 0 aromatic carbocycles. The summed E-state index contributed by atoms with van der Waals surface area (Å²) in [4.78, 5) is 0. The van der Waals surface area contributed by atoms with Gasteiger partial charge in [0.05, 0.1) is 0 Å². The molecule has 6 rings (SSSR count). The van der Waals surface area contributed by atoms with Gasteiger partial charge < -0.3 is 74.1 Å². The average Bonchev–Trinajstić information content (AvgIpc) is 3.04. The third-order valence-electron chi connectivity index (χ3n) is 3.00. The molecule has 0 aliphatic carbocycles. The predicted molar refractivity (Wildman–Crippen MR) is 173 cm³/mol. The molecule has 0 atom stereocenters. The van der Waals surface area contributed by atoms with E-state index in [2.05, 4.69) is 0 Å². The molecule has 6 fully saturated rings. The van der Waals surface area contributed by atoms with Crippen molar-refractivity contribution in [2.75, 3.05) is 0 Å². The van der Waals surface area contributed by atoms with E-state index in [-0.39, 0.29) is 0 Å². The first-order chi connectivity index (χ1) is 18.0. The largest absolute Gasteiger partial charge is 0.425 e. The van der Waals surface area contributed by atoms with Gasteiger partial charge in [0.15, 0.2) is 0 Å². The molecular formula is H36O18Si18. The van der Waals surface area contributed by atoms with Crippen LogP contribution in [0.4, 0.5) is 0 Å². The second-order valence-electron chi connectivity index (χ2n) is 5.80. The molecule has 0 radical (unpaired) electrons. The van der Waals surface area contributed by atoms with Gasteiger partial charge in [-0.05, 0) is 0 Å². The summed E-state index contributed by atoms with van der Waals surface area (Å²) in [5.74, 6) is 0. The number of rotatable bonds is 0. The summed E-state index contributed by atoms with van der Waals surface area (Å²) < 4.78 is 88.9. The Morgan fingerprint density at radius 2 is 0.167 bits per heavy atom. The Bertz CT molecular complexity index is 222. The standard InChI is InChI=1S/6H6O3Si3/c6*1-4-2-6-3-5-1/h6*4-6H2. The van der Waals surface area contributed by atoms with Crippen LogP contribution < -0.4 is 0 Å². The second-order valence-corrected chi connectivity index (χ2v) is 39.4. The zero-order valence-corrected chi connectivity index (χ0v) is 45.5. The maximum absolute atomic E-state index is 4.94. The summed E-state index contributed by atoms with van der Waals surface area (Å²) in [5.41, 5.74) is 0. The van der Waals surface area contributed by atoms with Gasteiger partial charge in [-0.2, -0.15) is 0 Å². The van der Waals surface area contributed by atoms with Gasteiger partial charge in [-0.3, -0.25) is 0 Å². The maximum atomic E-state index is 4.94. The van der Waals surface area contributed by atoms with Crippen LogP contribution in [0, 0.1) is 0 Å². The van der Waals surface area contributed by atoms with Crippen molar-refractivity contribution >= 4 is 180 Å². The molecule has 36 heavy (non-hydrogen) atoms. The van der Waals surface area contributed by atoms with Gasteiger partial charge in [-0.1, -0.05) is 0 Å². The molecule has 6 aliphatic heterocycles. The van der Waals surface area contributed by atoms with Gasteiger partial charge in [0.25, 0.3) is 180 Å². The van der Waals surface area contributed by atoms with E-state index in [0.29, 0.717) is 0 Å². The van der Waals surface area contributed by atoms with Gasteiger partial charge in [-0.25, -0.2) is 0 Å². The molecule has 0 aromatic rings. The summed E-state index contributed by atoms with van der Waals surface area (Å²) in [6, 6.07) is 0. The molecule has 6 aliphatic rings. The van der Waals surface area contributed by atoms with Crippen LogP contribution in [0.3, 0.4) is 0 Å². The molecule has 0 unspecified atom stereocenters. The van der Waals surface area contributed by atoms with E-state index in [1.54, 1.807) is 0 Å². The van der Waals surface area contributed by atoms with Crippen LogP contribution in [0.2, 0.25) is 0 Å². The summed E-state index contributed by atoms with van der Waals surface area (Å²) in [5, 5.41) is 0. The highest BCUT2D eigenvalue weighted by Gasteiger charge is 1.99. The van der Waals surface area contributed by atoms with Gasteiger partial charge in [0.1, 0.15) is 0 Å². The van der Waals surface area contributed by atoms with Gasteiger partial charge in [0, 0.05) is 0 Å². The molecule has 6 heterocycles. The first-order valence-electron chi connectivity index (χ1n) is 10.4. The fourth-order valence-corrected chi connectivity index (χ4v) is 34.1. The van der Waals surface area contributed by atoms with Crippen molar-refractivity contribution in [3.63, 3.8) is 0 Å². The predicted octanol–water partition coefficient (Wildman–Crippen LogP) is -17.7. The first-order valence-corrected chi connectivity index (χ1v) is 31.2. The summed E-state index contributed by atoms with van der Waals surface area (Å²) >= 11 is 0. The number of hydrogen-bond donors (Lipinski definition) is 0. The Kier molecular flexibility index (Phi) is 35.5. The minimum Gasteiger partial charge on any atom is -0.425 e. The van der Waals surface area contributed by atoms with Crippen molar-refractivity contribution in [3.8, 4) is 0 Å². The molecule has 0 amide bonds. The van der Waals surface area contributed by atoms with Gasteiger partial charge in [-0.15, -0.1) is 0 Å². The molecule has 6 saturated heterocycles. The first kappa shape index (κ1) is 37.2. The average molecular weight is 830 g/mol. The van der Waals surface area contributed by atoms with Crippen LogP contribution in [0.15, 0.2) is 0 Å². The zero-order chi connectivity index (χ0) is 25.5. The second kappa shape index (κ2) is 34.4. The summed E-state index contributed by atoms with van der Waals surface area (Å²) in [6.45, 7) is 0. The lowest BCUT2D eigenvalue weighted by atomic mass is 15.7. The third kappa shape index (κ3) is 31.7. The molecule has 216 valence electrons. The molecule has 0 N–H and O–H groups in total. The fourth-order valence-electron chi connectivity index (χ4n) is 1.67. The van der Waals surface area contributed by atoms with E-state index in [4.69, 9.17) is 74.1 Å². The van der Waals surface area contributed by atoms with Crippen molar-refractivity contribution in [3.05, 3.63) is 0 Å². The van der Waals surface area contributed by atoms with E-state index < -0.39 is 180 Å². The molecule has 0 aromatic heterocycles. The van der Waals surface area contributed by atoms with Gasteiger partial charge >= 0.3 is 0 Å². The van der Waals surface area contributed by atoms with E-state index in [1.165, 1.54) is 0 Å².